The van der Waals surface area contributed by atoms with Crippen LogP contribution < -0.4 is 10.0 Å². The second-order valence-corrected chi connectivity index (χ2v) is 11.0. The first-order valence-corrected chi connectivity index (χ1v) is 11.2. The van der Waals surface area contributed by atoms with Crippen LogP contribution >= 0.6 is 11.3 Å². The van der Waals surface area contributed by atoms with E-state index in [1.54, 1.807) is 13.0 Å². The van der Waals surface area contributed by atoms with Crippen LogP contribution in [0.4, 0.5) is 14.6 Å². The molecule has 0 saturated heterocycles. The predicted octanol–water partition coefficient (Wildman–Crippen LogP) is 3.19. The largest absolute Gasteiger partial charge is 0.363 e. The Labute approximate surface area is 166 Å². The van der Waals surface area contributed by atoms with Gasteiger partial charge in [-0.25, -0.2) is 18.1 Å². The van der Waals surface area contributed by atoms with Crippen molar-refractivity contribution in [3.05, 3.63) is 27.8 Å². The van der Waals surface area contributed by atoms with Crippen molar-refractivity contribution in [2.24, 2.45) is 5.41 Å². The molecule has 0 unspecified atom stereocenters. The minimum absolute atomic E-state index is 0.150. The van der Waals surface area contributed by atoms with Gasteiger partial charge in [-0.2, -0.15) is 8.78 Å². The summed E-state index contributed by atoms with van der Waals surface area (Å²) in [5.74, 6) is -2.58. The Morgan fingerprint density at radius 3 is 2.50 bits per heavy atom. The van der Waals surface area contributed by atoms with Crippen LogP contribution in [0.3, 0.4) is 0 Å². The van der Waals surface area contributed by atoms with Gasteiger partial charge in [-0.05, 0) is 43.2 Å². The molecule has 152 valence electrons. The Bertz CT molecular complexity index is 1010. The summed E-state index contributed by atoms with van der Waals surface area (Å²) >= 11 is 0.822. The third kappa shape index (κ3) is 3.50. The van der Waals surface area contributed by atoms with Crippen LogP contribution in [0.5, 0.6) is 0 Å². The van der Waals surface area contributed by atoms with E-state index in [9.17, 15) is 17.2 Å². The SMILES string of the molecule is Cc1cc(NCc2nnc(C(C)(F)F)s2)ncc1S(=O)(=O)NC12CC(C)(C1)C2. The quantitative estimate of drug-likeness (QED) is 0.702. The molecule has 0 aromatic carbocycles. The normalized spacial score (nSPS) is 26.5. The molecule has 5 rings (SSSR count). The maximum atomic E-state index is 13.2. The zero-order valence-corrected chi connectivity index (χ0v) is 17.3. The highest BCUT2D eigenvalue weighted by Gasteiger charge is 2.66. The van der Waals surface area contributed by atoms with Crippen molar-refractivity contribution in [3.63, 3.8) is 0 Å². The molecule has 0 radical (unpaired) electrons. The van der Waals surface area contributed by atoms with Gasteiger partial charge < -0.3 is 5.32 Å². The molecule has 3 saturated carbocycles. The number of hydrogen-bond donors (Lipinski definition) is 2. The van der Waals surface area contributed by atoms with Crippen LogP contribution in [-0.2, 0) is 22.5 Å². The zero-order chi connectivity index (χ0) is 20.4. The second kappa shape index (κ2) is 6.14. The summed E-state index contributed by atoms with van der Waals surface area (Å²) in [6.45, 7) is 4.81. The molecule has 2 heterocycles. The summed E-state index contributed by atoms with van der Waals surface area (Å²) in [4.78, 5) is 4.30. The minimum Gasteiger partial charge on any atom is -0.363 e. The van der Waals surface area contributed by atoms with Gasteiger partial charge in [-0.1, -0.05) is 18.3 Å². The third-order valence-corrected chi connectivity index (χ3v) is 8.06. The molecule has 2 aromatic rings. The molecule has 0 atom stereocenters. The van der Waals surface area contributed by atoms with Gasteiger partial charge in [0.1, 0.15) is 15.7 Å². The first-order valence-electron chi connectivity index (χ1n) is 8.85. The highest BCUT2D eigenvalue weighted by Crippen LogP contribution is 2.67. The lowest BCUT2D eigenvalue weighted by Crippen LogP contribution is -2.73. The van der Waals surface area contributed by atoms with Crippen LogP contribution in [0, 0.1) is 12.3 Å². The molecule has 0 amide bonds. The molecule has 2 aromatic heterocycles. The Morgan fingerprint density at radius 1 is 1.29 bits per heavy atom. The van der Waals surface area contributed by atoms with E-state index in [1.165, 1.54) is 6.20 Å². The summed E-state index contributed by atoms with van der Waals surface area (Å²) in [5.41, 5.74) is 0.574. The van der Waals surface area contributed by atoms with E-state index in [2.05, 4.69) is 32.1 Å². The van der Waals surface area contributed by atoms with Crippen molar-refractivity contribution in [2.45, 2.75) is 62.9 Å². The zero-order valence-electron chi connectivity index (χ0n) is 15.7. The molecule has 28 heavy (non-hydrogen) atoms. The van der Waals surface area contributed by atoms with Crippen molar-refractivity contribution in [1.82, 2.24) is 19.9 Å². The average Bonchev–Trinajstić information content (AvgIpc) is 2.99. The topological polar surface area (TPSA) is 96.9 Å². The van der Waals surface area contributed by atoms with Crippen LogP contribution in [0.2, 0.25) is 0 Å². The van der Waals surface area contributed by atoms with Crippen molar-refractivity contribution >= 4 is 27.2 Å². The fourth-order valence-electron chi connectivity index (χ4n) is 4.33. The van der Waals surface area contributed by atoms with Gasteiger partial charge in [0, 0.05) is 18.7 Å². The summed E-state index contributed by atoms with van der Waals surface area (Å²) in [7, 11) is -3.64. The molecule has 0 aliphatic heterocycles. The van der Waals surface area contributed by atoms with Gasteiger partial charge in [-0.15, -0.1) is 10.2 Å². The number of pyridine rings is 1. The number of aryl methyl sites for hydroxylation is 1. The minimum atomic E-state index is -3.64. The number of hydrogen-bond acceptors (Lipinski definition) is 7. The Hall–Kier alpha value is -1.72. The first kappa shape index (κ1) is 19.6. The van der Waals surface area contributed by atoms with E-state index >= 15 is 0 Å². The molecular formula is C17H21F2N5O2S2. The summed E-state index contributed by atoms with van der Waals surface area (Å²) in [5, 5.41) is 10.2. The maximum Gasteiger partial charge on any atom is 0.298 e. The highest BCUT2D eigenvalue weighted by molar-refractivity contribution is 7.89. The van der Waals surface area contributed by atoms with Gasteiger partial charge in [0.05, 0.1) is 6.54 Å². The molecule has 2 bridgehead atoms. The molecule has 3 fully saturated rings. The second-order valence-electron chi connectivity index (χ2n) is 8.30. The monoisotopic (exact) mass is 429 g/mol. The third-order valence-electron chi connectivity index (χ3n) is 5.26. The van der Waals surface area contributed by atoms with E-state index in [4.69, 9.17) is 0 Å². The summed E-state index contributed by atoms with van der Waals surface area (Å²) < 4.78 is 54.7. The predicted molar refractivity (Wildman–Crippen MR) is 101 cm³/mol. The molecule has 3 aliphatic rings. The Morgan fingerprint density at radius 2 is 1.96 bits per heavy atom. The molecule has 0 spiro atoms. The molecule has 7 nitrogen and oxygen atoms in total. The van der Waals surface area contributed by atoms with Gasteiger partial charge in [0.25, 0.3) is 5.92 Å². The standard InChI is InChI=1S/C17H21F2N5O2S2/c1-10-4-12(21-6-13-22-23-14(27-13)16(3,18)19)20-5-11(10)28(25,26)24-17-7-15(2,8-17)9-17/h4-5,24H,6-9H2,1-3H3,(H,20,21). The number of alkyl halides is 2. The van der Waals surface area contributed by atoms with Crippen molar-refractivity contribution in [3.8, 4) is 0 Å². The van der Waals surface area contributed by atoms with Crippen LogP contribution in [0.25, 0.3) is 0 Å². The van der Waals surface area contributed by atoms with Crippen LogP contribution in [-0.4, -0.2) is 29.1 Å². The molecule has 3 aliphatic carbocycles. The van der Waals surface area contributed by atoms with Gasteiger partial charge in [0.15, 0.2) is 5.01 Å². The summed E-state index contributed by atoms with van der Waals surface area (Å²) in [6.07, 6.45) is 3.96. The van der Waals surface area contributed by atoms with Gasteiger partial charge in [0.2, 0.25) is 10.0 Å². The fraction of sp³-hybridized carbons (Fsp3) is 0.588. The van der Waals surface area contributed by atoms with Crippen LogP contribution in [0.1, 0.15) is 48.7 Å². The van der Waals surface area contributed by atoms with Gasteiger partial charge in [-0.3, -0.25) is 0 Å². The number of anilines is 1. The van der Waals surface area contributed by atoms with E-state index in [0.717, 1.165) is 37.5 Å². The highest BCUT2D eigenvalue weighted by atomic mass is 32.2. The number of halogens is 2. The number of sulfonamides is 1. The van der Waals surface area contributed by atoms with Crippen LogP contribution in [0.15, 0.2) is 17.2 Å². The lowest BCUT2D eigenvalue weighted by atomic mass is 9.41. The van der Waals surface area contributed by atoms with Crippen molar-refractivity contribution in [2.75, 3.05) is 5.32 Å². The van der Waals surface area contributed by atoms with E-state index in [1.807, 2.05) is 0 Å². The Balaban J connectivity index is 1.42. The van der Waals surface area contributed by atoms with E-state index in [-0.39, 0.29) is 22.0 Å². The van der Waals surface area contributed by atoms with E-state index < -0.39 is 15.9 Å². The number of nitrogens with zero attached hydrogens (tertiary/aromatic N) is 3. The molecule has 2 N–H and O–H groups in total. The number of rotatable bonds is 7. The number of nitrogens with one attached hydrogen (secondary N) is 2. The molecule has 11 heteroatoms. The van der Waals surface area contributed by atoms with Gasteiger partial charge >= 0.3 is 0 Å². The average molecular weight is 430 g/mol. The van der Waals surface area contributed by atoms with Crippen molar-refractivity contribution in [1.29, 1.82) is 0 Å². The first-order chi connectivity index (χ1) is 12.9. The summed E-state index contributed by atoms with van der Waals surface area (Å²) in [6, 6.07) is 1.62. The van der Waals surface area contributed by atoms with Crippen molar-refractivity contribution < 1.29 is 17.2 Å². The smallest absolute Gasteiger partial charge is 0.298 e. The Kier molecular flexibility index (Phi) is 4.29. The fourth-order valence-corrected chi connectivity index (χ4v) is 6.61. The van der Waals surface area contributed by atoms with E-state index in [0.29, 0.717) is 21.8 Å². The maximum absolute atomic E-state index is 13.2. The lowest BCUT2D eigenvalue weighted by Gasteiger charge is -2.69. The number of aromatic nitrogens is 3. The lowest BCUT2D eigenvalue weighted by molar-refractivity contribution is -0.126. The molecular weight excluding hydrogens is 408 g/mol.